The lowest BCUT2D eigenvalue weighted by Gasteiger charge is -2.40. The minimum absolute atomic E-state index is 0.00413. The van der Waals surface area contributed by atoms with Gasteiger partial charge in [-0.2, -0.15) is 13.2 Å². The van der Waals surface area contributed by atoms with Gasteiger partial charge in [0.2, 0.25) is 0 Å². The molecule has 2 N–H and O–H groups in total. The quantitative estimate of drug-likeness (QED) is 0.562. The number of ether oxygens (including phenoxy) is 1. The SMILES string of the molecule is CNC(=O)c1ccc(N2CCC(OC3CCN(C(=O)[C@](O)(c4ccccc4)C(F)(F)F)CC3)CC2)cc1Cl. The summed E-state index contributed by atoms with van der Waals surface area (Å²) in [5.74, 6) is -1.60. The molecule has 4 rings (SSSR count). The Morgan fingerprint density at radius 1 is 0.974 bits per heavy atom. The van der Waals surface area contributed by atoms with Gasteiger partial charge in [0, 0.05) is 44.5 Å². The summed E-state index contributed by atoms with van der Waals surface area (Å²) < 4.78 is 47.9. The molecule has 0 aromatic heterocycles. The van der Waals surface area contributed by atoms with E-state index in [1.165, 1.54) is 18.2 Å². The van der Waals surface area contributed by atoms with Gasteiger partial charge in [-0.25, -0.2) is 0 Å². The van der Waals surface area contributed by atoms with Crippen LogP contribution in [0.3, 0.4) is 0 Å². The first-order chi connectivity index (χ1) is 18.0. The number of anilines is 1. The fourth-order valence-corrected chi connectivity index (χ4v) is 5.31. The number of carbonyl (C=O) groups excluding carboxylic acids is 2. The van der Waals surface area contributed by atoms with E-state index in [2.05, 4.69) is 10.2 Å². The maximum Gasteiger partial charge on any atom is 0.430 e. The molecule has 0 unspecified atom stereocenters. The number of rotatable bonds is 6. The predicted molar refractivity (Wildman–Crippen MR) is 137 cm³/mol. The van der Waals surface area contributed by atoms with Crippen LogP contribution in [0.25, 0.3) is 0 Å². The largest absolute Gasteiger partial charge is 0.430 e. The van der Waals surface area contributed by atoms with Gasteiger partial charge in [-0.1, -0.05) is 41.9 Å². The van der Waals surface area contributed by atoms with Crippen molar-refractivity contribution in [2.75, 3.05) is 38.1 Å². The van der Waals surface area contributed by atoms with E-state index in [0.29, 0.717) is 23.4 Å². The van der Waals surface area contributed by atoms with Gasteiger partial charge in [0.15, 0.2) is 0 Å². The molecule has 1 atom stereocenters. The minimum atomic E-state index is -5.15. The molecule has 0 radical (unpaired) electrons. The molecule has 2 aliphatic rings. The Kier molecular flexibility index (Phi) is 8.54. The molecule has 2 aliphatic heterocycles. The van der Waals surface area contributed by atoms with Crippen LogP contribution in [0, 0.1) is 0 Å². The van der Waals surface area contributed by atoms with E-state index in [4.69, 9.17) is 16.3 Å². The number of nitrogens with one attached hydrogen (secondary N) is 1. The zero-order valence-electron chi connectivity index (χ0n) is 21.0. The van der Waals surface area contributed by atoms with Gasteiger partial charge in [-0.3, -0.25) is 9.59 Å². The summed E-state index contributed by atoms with van der Waals surface area (Å²) >= 11 is 6.28. The summed E-state index contributed by atoms with van der Waals surface area (Å²) in [5.41, 5.74) is -2.75. The standard InChI is InChI=1S/C27H31ClF3N3O4/c1-32-24(35)22-8-7-19(17-23(22)28)33-13-9-20(10-14-33)38-21-11-15-34(16-12-21)25(36)26(37,27(29,30)31)18-5-3-2-4-6-18/h2-8,17,20-21,37H,9-16H2,1H3,(H,32,35)/t26-/m1/s1. The number of halogens is 4. The molecule has 2 fully saturated rings. The van der Waals surface area contributed by atoms with E-state index < -0.39 is 23.2 Å². The minimum Gasteiger partial charge on any atom is -0.375 e. The second-order valence-electron chi connectivity index (χ2n) is 9.63. The summed E-state index contributed by atoms with van der Waals surface area (Å²) in [6, 6.07) is 11.8. The molecule has 2 heterocycles. The lowest BCUT2D eigenvalue weighted by molar-refractivity contribution is -0.262. The molecule has 2 aromatic carbocycles. The van der Waals surface area contributed by atoms with Crippen molar-refractivity contribution in [3.63, 3.8) is 0 Å². The molecular formula is C27H31ClF3N3O4. The number of hydrogen-bond acceptors (Lipinski definition) is 5. The molecule has 2 amide bonds. The molecule has 11 heteroatoms. The van der Waals surface area contributed by atoms with Crippen molar-refractivity contribution in [2.24, 2.45) is 0 Å². The van der Waals surface area contributed by atoms with Crippen molar-refractivity contribution in [1.29, 1.82) is 0 Å². The Labute approximate surface area is 224 Å². The van der Waals surface area contributed by atoms with E-state index in [0.717, 1.165) is 48.7 Å². The summed E-state index contributed by atoms with van der Waals surface area (Å²) in [5, 5.41) is 13.5. The number of benzene rings is 2. The highest BCUT2D eigenvalue weighted by Gasteiger charge is 2.62. The third kappa shape index (κ3) is 5.77. The number of carbonyl (C=O) groups is 2. The van der Waals surface area contributed by atoms with Crippen LogP contribution in [0.5, 0.6) is 0 Å². The first-order valence-electron chi connectivity index (χ1n) is 12.6. The second-order valence-corrected chi connectivity index (χ2v) is 10.0. The van der Waals surface area contributed by atoms with Crippen LogP contribution in [0.4, 0.5) is 18.9 Å². The second kappa shape index (κ2) is 11.5. The molecule has 7 nitrogen and oxygen atoms in total. The molecular weight excluding hydrogens is 523 g/mol. The maximum atomic E-state index is 13.9. The number of amides is 2. The number of piperidine rings is 2. The predicted octanol–water partition coefficient (Wildman–Crippen LogP) is 4.13. The van der Waals surface area contributed by atoms with Crippen LogP contribution < -0.4 is 10.2 Å². The van der Waals surface area contributed by atoms with E-state index in [9.17, 15) is 27.9 Å². The zero-order chi connectivity index (χ0) is 27.5. The fraction of sp³-hybridized carbons (Fsp3) is 0.481. The number of likely N-dealkylation sites (tertiary alicyclic amines) is 1. The van der Waals surface area contributed by atoms with Crippen LogP contribution in [-0.4, -0.2) is 73.4 Å². The average molecular weight is 554 g/mol. The lowest BCUT2D eigenvalue weighted by atomic mass is 9.90. The number of nitrogens with zero attached hydrogens (tertiary/aromatic N) is 2. The van der Waals surface area contributed by atoms with E-state index >= 15 is 0 Å². The lowest BCUT2D eigenvalue weighted by Crippen LogP contribution is -2.57. The Balaban J connectivity index is 1.29. The first-order valence-corrected chi connectivity index (χ1v) is 13.0. The zero-order valence-corrected chi connectivity index (χ0v) is 21.8. The molecule has 2 saturated heterocycles. The monoisotopic (exact) mass is 553 g/mol. The Morgan fingerprint density at radius 3 is 2.08 bits per heavy atom. The average Bonchev–Trinajstić information content (AvgIpc) is 2.92. The van der Waals surface area contributed by atoms with Crippen molar-refractivity contribution in [3.05, 3.63) is 64.7 Å². The highest BCUT2D eigenvalue weighted by Crippen LogP contribution is 2.41. The van der Waals surface area contributed by atoms with Crippen LogP contribution in [-0.2, 0) is 15.1 Å². The summed E-state index contributed by atoms with van der Waals surface area (Å²) in [7, 11) is 1.55. The molecule has 0 aliphatic carbocycles. The maximum absolute atomic E-state index is 13.9. The Bertz CT molecular complexity index is 1130. The fourth-order valence-electron chi connectivity index (χ4n) is 5.05. The number of aliphatic hydroxyl groups is 1. The highest BCUT2D eigenvalue weighted by molar-refractivity contribution is 6.34. The first kappa shape index (κ1) is 28.2. The van der Waals surface area contributed by atoms with Crippen LogP contribution in [0.2, 0.25) is 5.02 Å². The van der Waals surface area contributed by atoms with Crippen molar-refractivity contribution < 1.29 is 32.6 Å². The van der Waals surface area contributed by atoms with Gasteiger partial charge in [0.05, 0.1) is 22.8 Å². The van der Waals surface area contributed by atoms with Crippen molar-refractivity contribution in [2.45, 2.75) is 49.7 Å². The normalized spacial score (nSPS) is 19.2. The molecule has 2 aromatic rings. The Morgan fingerprint density at radius 2 is 1.55 bits per heavy atom. The van der Waals surface area contributed by atoms with Crippen LogP contribution in [0.1, 0.15) is 41.6 Å². The van der Waals surface area contributed by atoms with Crippen molar-refractivity contribution in [3.8, 4) is 0 Å². The molecule has 38 heavy (non-hydrogen) atoms. The smallest absolute Gasteiger partial charge is 0.375 e. The van der Waals surface area contributed by atoms with E-state index in [-0.39, 0.29) is 31.2 Å². The van der Waals surface area contributed by atoms with Crippen molar-refractivity contribution in [1.82, 2.24) is 10.2 Å². The van der Waals surface area contributed by atoms with Gasteiger partial charge in [-0.05, 0) is 43.9 Å². The van der Waals surface area contributed by atoms with E-state index in [1.54, 1.807) is 19.2 Å². The highest BCUT2D eigenvalue weighted by atomic mass is 35.5. The van der Waals surface area contributed by atoms with Crippen molar-refractivity contribution >= 4 is 29.1 Å². The summed E-state index contributed by atoms with van der Waals surface area (Å²) in [4.78, 5) is 28.0. The molecule has 206 valence electrons. The number of hydrogen-bond donors (Lipinski definition) is 2. The molecule has 0 bridgehead atoms. The third-order valence-electron chi connectivity index (χ3n) is 7.26. The Hall–Kier alpha value is -2.82. The topological polar surface area (TPSA) is 82.1 Å². The van der Waals surface area contributed by atoms with Gasteiger partial charge in [0.25, 0.3) is 17.4 Å². The van der Waals surface area contributed by atoms with Crippen LogP contribution in [0.15, 0.2) is 48.5 Å². The molecule has 0 saturated carbocycles. The van der Waals surface area contributed by atoms with Gasteiger partial charge >= 0.3 is 6.18 Å². The molecule has 0 spiro atoms. The summed E-state index contributed by atoms with van der Waals surface area (Å²) in [6.07, 6.45) is -3.02. The van der Waals surface area contributed by atoms with Gasteiger partial charge in [-0.15, -0.1) is 0 Å². The number of alkyl halides is 3. The van der Waals surface area contributed by atoms with Crippen LogP contribution >= 0.6 is 11.6 Å². The third-order valence-corrected chi connectivity index (χ3v) is 7.57. The van der Waals surface area contributed by atoms with Gasteiger partial charge in [0.1, 0.15) is 0 Å². The van der Waals surface area contributed by atoms with Gasteiger partial charge < -0.3 is 25.0 Å². The van der Waals surface area contributed by atoms with E-state index in [1.807, 2.05) is 6.07 Å². The summed E-state index contributed by atoms with van der Waals surface area (Å²) in [6.45, 7) is 1.61.